The molecule has 0 bridgehead atoms. The predicted molar refractivity (Wildman–Crippen MR) is 72.3 cm³/mol. The molecule has 5 heteroatoms. The molecular formula is C12H17BrFN3. The molecule has 0 aliphatic carbocycles. The van der Waals surface area contributed by atoms with Gasteiger partial charge in [0.05, 0.1) is 6.54 Å². The molecule has 0 aromatic heterocycles. The fraction of sp³-hybridized carbons (Fsp3) is 0.417. The first-order valence-electron chi connectivity index (χ1n) is 5.29. The maximum absolute atomic E-state index is 13.1. The van der Waals surface area contributed by atoms with Gasteiger partial charge in [0.2, 0.25) is 0 Å². The normalized spacial score (nSPS) is 12.6. The molecule has 17 heavy (non-hydrogen) atoms. The van der Waals surface area contributed by atoms with Crippen molar-refractivity contribution in [1.82, 2.24) is 5.32 Å². The lowest BCUT2D eigenvalue weighted by Crippen LogP contribution is -2.44. The van der Waals surface area contributed by atoms with Crippen molar-refractivity contribution in [2.75, 3.05) is 0 Å². The lowest BCUT2D eigenvalue weighted by molar-refractivity contribution is 0.508. The first kappa shape index (κ1) is 14.0. The van der Waals surface area contributed by atoms with E-state index in [2.05, 4.69) is 26.2 Å². The van der Waals surface area contributed by atoms with Crippen LogP contribution < -0.4 is 11.1 Å². The van der Waals surface area contributed by atoms with Crippen molar-refractivity contribution < 1.29 is 4.39 Å². The fourth-order valence-electron chi connectivity index (χ4n) is 1.30. The van der Waals surface area contributed by atoms with E-state index < -0.39 is 0 Å². The SMILES string of the molecule is CC(C)(C)NC(N)=NCc1cc(F)cc(Br)c1. The Hall–Kier alpha value is -1.10. The van der Waals surface area contributed by atoms with Crippen LogP contribution in [0.1, 0.15) is 26.3 Å². The van der Waals surface area contributed by atoms with Crippen molar-refractivity contribution in [2.45, 2.75) is 32.9 Å². The van der Waals surface area contributed by atoms with Gasteiger partial charge in [0.15, 0.2) is 5.96 Å². The molecule has 0 fully saturated rings. The van der Waals surface area contributed by atoms with Crippen molar-refractivity contribution in [3.63, 3.8) is 0 Å². The maximum atomic E-state index is 13.1. The Bertz CT molecular complexity index is 404. The van der Waals surface area contributed by atoms with Crippen LogP contribution in [0.25, 0.3) is 0 Å². The number of aliphatic imine (C=N–C) groups is 1. The first-order chi connectivity index (χ1) is 7.76. The molecule has 1 rings (SSSR count). The zero-order valence-electron chi connectivity index (χ0n) is 10.2. The molecule has 0 aliphatic rings. The molecule has 0 spiro atoms. The van der Waals surface area contributed by atoms with E-state index in [1.807, 2.05) is 26.8 Å². The average Bonchev–Trinajstić information content (AvgIpc) is 2.10. The lowest BCUT2D eigenvalue weighted by Gasteiger charge is -2.20. The van der Waals surface area contributed by atoms with E-state index in [9.17, 15) is 4.39 Å². The van der Waals surface area contributed by atoms with Crippen LogP contribution in [0.2, 0.25) is 0 Å². The van der Waals surface area contributed by atoms with Crippen molar-refractivity contribution >= 4 is 21.9 Å². The number of rotatable bonds is 2. The molecule has 0 heterocycles. The number of benzene rings is 1. The second-order valence-corrected chi connectivity index (χ2v) is 5.77. The Morgan fingerprint density at radius 3 is 2.59 bits per heavy atom. The number of hydrogen-bond acceptors (Lipinski definition) is 1. The highest BCUT2D eigenvalue weighted by Gasteiger charge is 2.09. The van der Waals surface area contributed by atoms with Gasteiger partial charge in [-0.3, -0.25) is 0 Å². The molecule has 3 N–H and O–H groups in total. The van der Waals surface area contributed by atoms with Crippen LogP contribution in [0, 0.1) is 5.82 Å². The summed E-state index contributed by atoms with van der Waals surface area (Å²) in [6.45, 7) is 6.34. The molecule has 0 atom stereocenters. The van der Waals surface area contributed by atoms with Crippen LogP contribution in [-0.4, -0.2) is 11.5 Å². The summed E-state index contributed by atoms with van der Waals surface area (Å²) in [6.07, 6.45) is 0. The van der Waals surface area contributed by atoms with Gasteiger partial charge in [-0.15, -0.1) is 0 Å². The molecule has 0 radical (unpaired) electrons. The number of halogens is 2. The van der Waals surface area contributed by atoms with E-state index in [1.54, 1.807) is 0 Å². The average molecular weight is 302 g/mol. The molecule has 0 aliphatic heterocycles. The van der Waals surface area contributed by atoms with Crippen LogP contribution in [0.3, 0.4) is 0 Å². The highest BCUT2D eigenvalue weighted by Crippen LogP contribution is 2.15. The van der Waals surface area contributed by atoms with Gasteiger partial charge < -0.3 is 11.1 Å². The number of hydrogen-bond donors (Lipinski definition) is 2. The summed E-state index contributed by atoms with van der Waals surface area (Å²) in [4.78, 5) is 4.16. The number of nitrogens with two attached hydrogens (primary N) is 1. The largest absolute Gasteiger partial charge is 0.370 e. The maximum Gasteiger partial charge on any atom is 0.189 e. The molecular weight excluding hydrogens is 285 g/mol. The number of guanidine groups is 1. The minimum absolute atomic E-state index is 0.129. The quantitative estimate of drug-likeness (QED) is 0.652. The van der Waals surface area contributed by atoms with Crippen molar-refractivity contribution in [3.05, 3.63) is 34.1 Å². The molecule has 0 saturated carbocycles. The standard InChI is InChI=1S/C12H17BrFN3/c1-12(2,3)17-11(15)16-7-8-4-9(13)6-10(14)5-8/h4-6H,7H2,1-3H3,(H3,15,16,17). The summed E-state index contributed by atoms with van der Waals surface area (Å²) < 4.78 is 13.8. The summed E-state index contributed by atoms with van der Waals surface area (Å²) in [5.74, 6) is 0.0739. The number of nitrogens with one attached hydrogen (secondary N) is 1. The Kier molecular flexibility index (Phi) is 4.51. The van der Waals surface area contributed by atoms with E-state index in [1.165, 1.54) is 12.1 Å². The van der Waals surface area contributed by atoms with Gasteiger partial charge >= 0.3 is 0 Å². The van der Waals surface area contributed by atoms with Gasteiger partial charge in [0, 0.05) is 10.0 Å². The Labute approximate surface area is 109 Å². The summed E-state index contributed by atoms with van der Waals surface area (Å²) in [6, 6.07) is 4.67. The molecule has 0 amide bonds. The smallest absolute Gasteiger partial charge is 0.189 e. The van der Waals surface area contributed by atoms with Crippen LogP contribution in [0.15, 0.2) is 27.7 Å². The third-order valence-corrected chi connectivity index (χ3v) is 2.32. The van der Waals surface area contributed by atoms with Crippen LogP contribution in [0.4, 0.5) is 4.39 Å². The summed E-state index contributed by atoms with van der Waals surface area (Å²) in [5, 5.41) is 3.04. The number of nitrogens with zero attached hydrogens (tertiary/aromatic N) is 1. The van der Waals surface area contributed by atoms with Gasteiger partial charge in [-0.1, -0.05) is 15.9 Å². The van der Waals surface area contributed by atoms with E-state index >= 15 is 0 Å². The van der Waals surface area contributed by atoms with Gasteiger partial charge in [-0.2, -0.15) is 0 Å². The zero-order valence-corrected chi connectivity index (χ0v) is 11.8. The minimum Gasteiger partial charge on any atom is -0.370 e. The van der Waals surface area contributed by atoms with Crippen molar-refractivity contribution in [3.8, 4) is 0 Å². The second-order valence-electron chi connectivity index (χ2n) is 4.85. The highest BCUT2D eigenvalue weighted by molar-refractivity contribution is 9.10. The zero-order chi connectivity index (χ0) is 13.1. The Morgan fingerprint density at radius 1 is 1.41 bits per heavy atom. The van der Waals surface area contributed by atoms with Gasteiger partial charge in [-0.25, -0.2) is 9.38 Å². The van der Waals surface area contributed by atoms with Crippen LogP contribution >= 0.6 is 15.9 Å². The second kappa shape index (κ2) is 5.49. The van der Waals surface area contributed by atoms with Crippen molar-refractivity contribution in [1.29, 1.82) is 0 Å². The van der Waals surface area contributed by atoms with Crippen LogP contribution in [0.5, 0.6) is 0 Å². The topological polar surface area (TPSA) is 50.4 Å². The minimum atomic E-state index is -0.285. The van der Waals surface area contributed by atoms with Gasteiger partial charge in [0.25, 0.3) is 0 Å². The van der Waals surface area contributed by atoms with Gasteiger partial charge in [0.1, 0.15) is 5.82 Å². The van der Waals surface area contributed by atoms with E-state index in [0.717, 1.165) is 5.56 Å². The van der Waals surface area contributed by atoms with Crippen molar-refractivity contribution in [2.24, 2.45) is 10.7 Å². The molecule has 0 saturated heterocycles. The molecule has 0 unspecified atom stereocenters. The van der Waals surface area contributed by atoms with Crippen LogP contribution in [-0.2, 0) is 6.54 Å². The Morgan fingerprint density at radius 2 is 2.06 bits per heavy atom. The molecule has 94 valence electrons. The highest BCUT2D eigenvalue weighted by atomic mass is 79.9. The summed E-state index contributed by atoms with van der Waals surface area (Å²) in [7, 11) is 0. The van der Waals surface area contributed by atoms with E-state index in [0.29, 0.717) is 17.0 Å². The Balaban J connectivity index is 2.69. The third kappa shape index (κ3) is 5.68. The van der Waals surface area contributed by atoms with E-state index in [-0.39, 0.29) is 11.4 Å². The molecule has 1 aromatic carbocycles. The summed E-state index contributed by atoms with van der Waals surface area (Å²) in [5.41, 5.74) is 6.36. The third-order valence-electron chi connectivity index (χ3n) is 1.86. The monoisotopic (exact) mass is 301 g/mol. The predicted octanol–water partition coefficient (Wildman–Crippen LogP) is 2.79. The first-order valence-corrected chi connectivity index (χ1v) is 6.09. The summed E-state index contributed by atoms with van der Waals surface area (Å²) >= 11 is 3.23. The fourth-order valence-corrected chi connectivity index (χ4v) is 1.82. The molecule has 1 aromatic rings. The van der Waals surface area contributed by atoms with E-state index in [4.69, 9.17) is 5.73 Å². The lowest BCUT2D eigenvalue weighted by atomic mass is 10.1. The molecule has 3 nitrogen and oxygen atoms in total. The van der Waals surface area contributed by atoms with Gasteiger partial charge in [-0.05, 0) is 44.5 Å².